The summed E-state index contributed by atoms with van der Waals surface area (Å²) in [6.45, 7) is 1.85. The van der Waals surface area contributed by atoms with Crippen molar-refractivity contribution in [2.75, 3.05) is 0 Å². The van der Waals surface area contributed by atoms with Crippen LogP contribution in [0.15, 0.2) is 24.3 Å². The van der Waals surface area contributed by atoms with E-state index in [1.54, 1.807) is 18.2 Å². The van der Waals surface area contributed by atoms with E-state index in [1.165, 1.54) is 0 Å². The lowest BCUT2D eigenvalue weighted by atomic mass is 9.95. The molecule has 0 aliphatic rings. The molecule has 0 aliphatic heterocycles. The molecule has 1 heterocycles. The number of benzene rings is 1. The lowest BCUT2D eigenvalue weighted by molar-refractivity contribution is -0.138. The number of aliphatic carboxylic acids is 1. The average Bonchev–Trinajstić information content (AvgIpc) is 2.83. The third-order valence-electron chi connectivity index (χ3n) is 2.60. The SMILES string of the molecule is CCC(C(=O)O)c1cccc(-c2nn[nH]n2)c1. The van der Waals surface area contributed by atoms with Gasteiger partial charge in [-0.05, 0) is 23.3 Å². The van der Waals surface area contributed by atoms with Crippen LogP contribution in [0.5, 0.6) is 0 Å². The maximum atomic E-state index is 11.1. The third-order valence-corrected chi connectivity index (χ3v) is 2.60. The van der Waals surface area contributed by atoms with Gasteiger partial charge in [-0.2, -0.15) is 5.21 Å². The van der Waals surface area contributed by atoms with Crippen LogP contribution in [-0.2, 0) is 4.79 Å². The molecule has 17 heavy (non-hydrogen) atoms. The Kier molecular flexibility index (Phi) is 3.13. The Morgan fingerprint density at radius 3 is 2.94 bits per heavy atom. The first-order valence-electron chi connectivity index (χ1n) is 5.29. The molecular formula is C11H12N4O2. The van der Waals surface area contributed by atoms with E-state index in [4.69, 9.17) is 5.11 Å². The van der Waals surface area contributed by atoms with E-state index in [0.29, 0.717) is 12.2 Å². The monoisotopic (exact) mass is 232 g/mol. The van der Waals surface area contributed by atoms with Crippen molar-refractivity contribution in [3.05, 3.63) is 29.8 Å². The molecule has 1 aromatic carbocycles. The van der Waals surface area contributed by atoms with Crippen molar-refractivity contribution >= 4 is 5.97 Å². The molecule has 0 amide bonds. The van der Waals surface area contributed by atoms with Crippen LogP contribution in [0.3, 0.4) is 0 Å². The number of aromatic amines is 1. The van der Waals surface area contributed by atoms with E-state index >= 15 is 0 Å². The Morgan fingerprint density at radius 1 is 1.53 bits per heavy atom. The Hall–Kier alpha value is -2.24. The number of tetrazole rings is 1. The summed E-state index contributed by atoms with van der Waals surface area (Å²) in [7, 11) is 0. The number of hydrogen-bond donors (Lipinski definition) is 2. The summed E-state index contributed by atoms with van der Waals surface area (Å²) < 4.78 is 0. The van der Waals surface area contributed by atoms with Crippen LogP contribution in [0.1, 0.15) is 24.8 Å². The molecule has 6 nitrogen and oxygen atoms in total. The number of hydrogen-bond acceptors (Lipinski definition) is 4. The van der Waals surface area contributed by atoms with Crippen molar-refractivity contribution < 1.29 is 9.90 Å². The molecule has 0 saturated heterocycles. The number of carboxylic acids is 1. The number of carbonyl (C=O) groups is 1. The zero-order valence-electron chi connectivity index (χ0n) is 9.29. The Morgan fingerprint density at radius 2 is 2.35 bits per heavy atom. The second-order valence-corrected chi connectivity index (χ2v) is 3.66. The molecular weight excluding hydrogens is 220 g/mol. The first-order valence-corrected chi connectivity index (χ1v) is 5.29. The third kappa shape index (κ3) is 2.30. The molecule has 0 fully saturated rings. The van der Waals surface area contributed by atoms with E-state index in [9.17, 15) is 4.79 Å². The predicted octanol–water partition coefficient (Wildman–Crippen LogP) is 1.44. The van der Waals surface area contributed by atoms with Crippen molar-refractivity contribution in [1.82, 2.24) is 20.6 Å². The molecule has 2 rings (SSSR count). The molecule has 0 saturated carbocycles. The topological polar surface area (TPSA) is 91.8 Å². The molecule has 1 atom stereocenters. The Bertz CT molecular complexity index is 510. The molecule has 0 aliphatic carbocycles. The van der Waals surface area contributed by atoms with Gasteiger partial charge in [-0.1, -0.05) is 25.1 Å². The van der Waals surface area contributed by atoms with Gasteiger partial charge in [0.25, 0.3) is 0 Å². The summed E-state index contributed by atoms with van der Waals surface area (Å²) >= 11 is 0. The highest BCUT2D eigenvalue weighted by Gasteiger charge is 2.18. The molecule has 1 aromatic heterocycles. The van der Waals surface area contributed by atoms with Gasteiger partial charge >= 0.3 is 5.97 Å². The molecule has 1 unspecified atom stereocenters. The summed E-state index contributed by atoms with van der Waals surface area (Å²) in [5.74, 6) is -0.855. The van der Waals surface area contributed by atoms with E-state index in [0.717, 1.165) is 11.1 Å². The largest absolute Gasteiger partial charge is 0.481 e. The highest BCUT2D eigenvalue weighted by molar-refractivity contribution is 5.76. The van der Waals surface area contributed by atoms with Crippen LogP contribution in [0.25, 0.3) is 11.4 Å². The number of nitrogens with one attached hydrogen (secondary N) is 1. The van der Waals surface area contributed by atoms with Gasteiger partial charge in [-0.25, -0.2) is 0 Å². The summed E-state index contributed by atoms with van der Waals surface area (Å²) in [6, 6.07) is 7.20. The van der Waals surface area contributed by atoms with Crippen molar-refractivity contribution in [1.29, 1.82) is 0 Å². The Labute approximate surface area is 97.7 Å². The van der Waals surface area contributed by atoms with E-state index in [1.807, 2.05) is 13.0 Å². The van der Waals surface area contributed by atoms with E-state index in [2.05, 4.69) is 20.6 Å². The van der Waals surface area contributed by atoms with E-state index in [-0.39, 0.29) is 0 Å². The fourth-order valence-corrected chi connectivity index (χ4v) is 1.73. The molecule has 0 bridgehead atoms. The zero-order chi connectivity index (χ0) is 12.3. The summed E-state index contributed by atoms with van der Waals surface area (Å²) in [6.07, 6.45) is 0.547. The van der Waals surface area contributed by atoms with Crippen molar-refractivity contribution in [2.24, 2.45) is 0 Å². The smallest absolute Gasteiger partial charge is 0.310 e. The van der Waals surface area contributed by atoms with Gasteiger partial charge in [0.1, 0.15) is 0 Å². The van der Waals surface area contributed by atoms with Gasteiger partial charge in [0.15, 0.2) is 0 Å². The van der Waals surface area contributed by atoms with Crippen LogP contribution < -0.4 is 0 Å². The van der Waals surface area contributed by atoms with Gasteiger partial charge in [-0.3, -0.25) is 4.79 Å². The first kappa shape index (κ1) is 11.3. The van der Waals surface area contributed by atoms with Gasteiger partial charge < -0.3 is 5.11 Å². The summed E-state index contributed by atoms with van der Waals surface area (Å²) in [5, 5.41) is 22.7. The average molecular weight is 232 g/mol. The van der Waals surface area contributed by atoms with E-state index < -0.39 is 11.9 Å². The maximum Gasteiger partial charge on any atom is 0.310 e. The summed E-state index contributed by atoms with van der Waals surface area (Å²) in [4.78, 5) is 11.1. The first-order chi connectivity index (χ1) is 8.22. The molecule has 6 heteroatoms. The number of aromatic nitrogens is 4. The highest BCUT2D eigenvalue weighted by atomic mass is 16.4. The van der Waals surface area contributed by atoms with Crippen LogP contribution >= 0.6 is 0 Å². The number of carboxylic acid groups (broad SMARTS) is 1. The minimum atomic E-state index is -0.822. The lowest BCUT2D eigenvalue weighted by Gasteiger charge is -2.10. The standard InChI is InChI=1S/C11H12N4O2/c1-2-9(11(16)17)7-4-3-5-8(6-7)10-12-14-15-13-10/h3-6,9H,2H2,1H3,(H,16,17)(H,12,13,14,15). The van der Waals surface area contributed by atoms with Gasteiger partial charge in [0.2, 0.25) is 5.82 Å². The van der Waals surface area contributed by atoms with Crippen LogP contribution in [0.2, 0.25) is 0 Å². The number of nitrogens with zero attached hydrogens (tertiary/aromatic N) is 3. The normalized spacial score (nSPS) is 12.3. The molecule has 0 radical (unpaired) electrons. The zero-order valence-corrected chi connectivity index (χ0v) is 9.29. The van der Waals surface area contributed by atoms with Gasteiger partial charge in [-0.15, -0.1) is 10.2 Å². The second kappa shape index (κ2) is 4.73. The quantitative estimate of drug-likeness (QED) is 0.832. The van der Waals surface area contributed by atoms with Crippen molar-refractivity contribution in [3.8, 4) is 11.4 Å². The highest BCUT2D eigenvalue weighted by Crippen LogP contribution is 2.23. The minimum absolute atomic E-state index is 0.465. The molecule has 88 valence electrons. The Balaban J connectivity index is 2.37. The molecule has 0 spiro atoms. The fourth-order valence-electron chi connectivity index (χ4n) is 1.73. The summed E-state index contributed by atoms with van der Waals surface area (Å²) in [5.41, 5.74) is 1.51. The van der Waals surface area contributed by atoms with Crippen LogP contribution in [-0.4, -0.2) is 31.7 Å². The predicted molar refractivity (Wildman–Crippen MR) is 60.3 cm³/mol. The van der Waals surface area contributed by atoms with Crippen LogP contribution in [0.4, 0.5) is 0 Å². The van der Waals surface area contributed by atoms with Crippen molar-refractivity contribution in [3.63, 3.8) is 0 Å². The molecule has 2 N–H and O–H groups in total. The maximum absolute atomic E-state index is 11.1. The fraction of sp³-hybridized carbons (Fsp3) is 0.273. The molecule has 2 aromatic rings. The van der Waals surface area contributed by atoms with Gasteiger partial charge in [0.05, 0.1) is 5.92 Å². The minimum Gasteiger partial charge on any atom is -0.481 e. The van der Waals surface area contributed by atoms with Crippen molar-refractivity contribution in [2.45, 2.75) is 19.3 Å². The second-order valence-electron chi connectivity index (χ2n) is 3.66. The number of rotatable bonds is 4. The van der Waals surface area contributed by atoms with Gasteiger partial charge in [0, 0.05) is 5.56 Å². The lowest BCUT2D eigenvalue weighted by Crippen LogP contribution is -2.10. The number of H-pyrrole nitrogens is 1. The van der Waals surface area contributed by atoms with Crippen LogP contribution in [0, 0.1) is 0 Å².